The van der Waals surface area contributed by atoms with E-state index in [1.807, 2.05) is 0 Å². The standard InChI is InChI=1S/C26H24ClF9N4O3/c27-17-5-2-6-19-20(17)39-23(43)18(12-40(19)14-4-1-3-13(11-14)26(34,35)36)38-22(42)16(8-10-25(31,32)33)15(21(37)41)7-9-24(28,29)30/h1-6,11,15-16,18H,7-10,12H2,(H2,37,41)(H,38,42)(H,39,43). The minimum absolute atomic E-state index is 0.0428. The summed E-state index contributed by atoms with van der Waals surface area (Å²) in [7, 11) is 0. The zero-order valence-corrected chi connectivity index (χ0v) is 22.6. The molecular weight excluding hydrogens is 623 g/mol. The van der Waals surface area contributed by atoms with E-state index in [1.165, 1.54) is 29.2 Å². The Morgan fingerprint density at radius 2 is 1.53 bits per heavy atom. The number of hydrogen-bond donors (Lipinski definition) is 3. The number of hydrogen-bond acceptors (Lipinski definition) is 4. The number of para-hydroxylation sites is 1. The molecule has 0 saturated carbocycles. The van der Waals surface area contributed by atoms with Crippen molar-refractivity contribution in [3.8, 4) is 0 Å². The molecule has 43 heavy (non-hydrogen) atoms. The van der Waals surface area contributed by atoms with Crippen molar-refractivity contribution in [2.24, 2.45) is 17.6 Å². The number of carbonyl (C=O) groups is 3. The smallest absolute Gasteiger partial charge is 0.369 e. The Labute approximate surface area is 243 Å². The molecule has 236 valence electrons. The zero-order chi connectivity index (χ0) is 32.3. The summed E-state index contributed by atoms with van der Waals surface area (Å²) in [5.41, 5.74) is 4.07. The van der Waals surface area contributed by atoms with Gasteiger partial charge in [0.05, 0.1) is 28.5 Å². The summed E-state index contributed by atoms with van der Waals surface area (Å²) in [6, 6.07) is 6.40. The van der Waals surface area contributed by atoms with Crippen molar-refractivity contribution in [1.82, 2.24) is 5.32 Å². The van der Waals surface area contributed by atoms with Crippen LogP contribution < -0.4 is 21.3 Å². The van der Waals surface area contributed by atoms with E-state index < -0.39 is 91.9 Å². The Balaban J connectivity index is 2.00. The van der Waals surface area contributed by atoms with E-state index >= 15 is 0 Å². The molecule has 0 saturated heterocycles. The monoisotopic (exact) mass is 646 g/mol. The fraction of sp³-hybridized carbons (Fsp3) is 0.423. The lowest BCUT2D eigenvalue weighted by atomic mass is 9.83. The van der Waals surface area contributed by atoms with Crippen molar-refractivity contribution in [3.05, 3.63) is 53.1 Å². The highest BCUT2D eigenvalue weighted by Crippen LogP contribution is 2.41. The van der Waals surface area contributed by atoms with Gasteiger partial charge in [0.1, 0.15) is 6.04 Å². The third-order valence-corrected chi connectivity index (χ3v) is 6.99. The van der Waals surface area contributed by atoms with Crippen LogP contribution in [0.4, 0.5) is 56.6 Å². The van der Waals surface area contributed by atoms with Crippen LogP contribution in [0.15, 0.2) is 42.5 Å². The second kappa shape index (κ2) is 12.9. The minimum Gasteiger partial charge on any atom is -0.369 e. The number of primary amides is 1. The normalized spacial score (nSPS) is 17.4. The molecule has 7 nitrogen and oxygen atoms in total. The molecule has 1 aliphatic heterocycles. The highest BCUT2D eigenvalue weighted by molar-refractivity contribution is 6.34. The van der Waals surface area contributed by atoms with Crippen molar-refractivity contribution in [1.29, 1.82) is 0 Å². The Bertz CT molecular complexity index is 1350. The van der Waals surface area contributed by atoms with Crippen LogP contribution in [0.2, 0.25) is 5.02 Å². The molecule has 0 radical (unpaired) electrons. The number of nitrogens with two attached hydrogens (primary N) is 1. The Kier molecular flexibility index (Phi) is 10.1. The molecule has 0 aliphatic carbocycles. The van der Waals surface area contributed by atoms with Crippen molar-refractivity contribution in [2.75, 3.05) is 16.8 Å². The number of halogens is 10. The van der Waals surface area contributed by atoms with Crippen LogP contribution in [-0.4, -0.2) is 42.7 Å². The fourth-order valence-electron chi connectivity index (χ4n) is 4.62. The van der Waals surface area contributed by atoms with Gasteiger partial charge in [-0.3, -0.25) is 14.4 Å². The molecule has 2 aromatic carbocycles. The van der Waals surface area contributed by atoms with Gasteiger partial charge in [0.25, 0.3) is 0 Å². The van der Waals surface area contributed by atoms with Crippen LogP contribution in [0.5, 0.6) is 0 Å². The Hall–Kier alpha value is -3.69. The molecule has 3 rings (SSSR count). The highest BCUT2D eigenvalue weighted by Gasteiger charge is 2.41. The summed E-state index contributed by atoms with van der Waals surface area (Å²) in [5.74, 6) is -7.83. The number of alkyl halides is 9. The first-order valence-corrected chi connectivity index (χ1v) is 12.9. The third kappa shape index (κ3) is 9.15. The summed E-state index contributed by atoms with van der Waals surface area (Å²) >= 11 is 6.21. The molecule has 3 atom stereocenters. The van der Waals surface area contributed by atoms with Crippen LogP contribution in [-0.2, 0) is 20.6 Å². The number of fused-ring (bicyclic) bond motifs is 1. The van der Waals surface area contributed by atoms with Gasteiger partial charge in [-0.1, -0.05) is 23.7 Å². The van der Waals surface area contributed by atoms with Crippen LogP contribution in [0.25, 0.3) is 0 Å². The molecular formula is C26H24ClF9N4O3. The molecule has 17 heteroatoms. The van der Waals surface area contributed by atoms with E-state index in [2.05, 4.69) is 10.6 Å². The molecule has 0 bridgehead atoms. The van der Waals surface area contributed by atoms with Crippen molar-refractivity contribution < 1.29 is 53.9 Å². The van der Waals surface area contributed by atoms with Gasteiger partial charge in [0.2, 0.25) is 17.7 Å². The van der Waals surface area contributed by atoms with Crippen LogP contribution >= 0.6 is 11.6 Å². The Morgan fingerprint density at radius 1 is 0.953 bits per heavy atom. The fourth-order valence-corrected chi connectivity index (χ4v) is 4.83. The summed E-state index contributed by atoms with van der Waals surface area (Å²) in [6.45, 7) is -0.581. The van der Waals surface area contributed by atoms with Gasteiger partial charge >= 0.3 is 18.5 Å². The molecule has 0 aromatic heterocycles. The number of rotatable bonds is 9. The number of amides is 3. The van der Waals surface area contributed by atoms with Gasteiger partial charge in [0.15, 0.2) is 0 Å². The third-order valence-electron chi connectivity index (χ3n) is 6.68. The zero-order valence-electron chi connectivity index (χ0n) is 21.8. The second-order valence-electron chi connectivity index (χ2n) is 9.77. The van der Waals surface area contributed by atoms with Gasteiger partial charge in [-0.05, 0) is 43.2 Å². The number of benzene rings is 2. The largest absolute Gasteiger partial charge is 0.416 e. The van der Waals surface area contributed by atoms with Gasteiger partial charge in [0, 0.05) is 30.4 Å². The maximum atomic E-state index is 13.5. The van der Waals surface area contributed by atoms with Crippen molar-refractivity contribution in [3.63, 3.8) is 0 Å². The number of carbonyl (C=O) groups excluding carboxylic acids is 3. The predicted molar refractivity (Wildman–Crippen MR) is 137 cm³/mol. The minimum atomic E-state index is -4.86. The lowest BCUT2D eigenvalue weighted by Gasteiger charge is -2.30. The average Bonchev–Trinajstić information content (AvgIpc) is 3.01. The Morgan fingerprint density at radius 3 is 2.09 bits per heavy atom. The molecule has 4 N–H and O–H groups in total. The van der Waals surface area contributed by atoms with E-state index in [-0.39, 0.29) is 22.1 Å². The summed E-state index contributed by atoms with van der Waals surface area (Å²) in [5, 5.41) is 4.53. The predicted octanol–water partition coefficient (Wildman–Crippen LogP) is 6.34. The molecule has 0 fully saturated rings. The van der Waals surface area contributed by atoms with Crippen molar-refractivity contribution in [2.45, 2.75) is 50.3 Å². The summed E-state index contributed by atoms with van der Waals surface area (Å²) in [6.07, 6.45) is -19.9. The van der Waals surface area contributed by atoms with Gasteiger partial charge in [-0.25, -0.2) is 0 Å². The van der Waals surface area contributed by atoms with Crippen LogP contribution in [0.1, 0.15) is 31.2 Å². The van der Waals surface area contributed by atoms with E-state index in [1.54, 1.807) is 0 Å². The molecule has 1 aliphatic rings. The molecule has 2 aromatic rings. The first-order chi connectivity index (χ1) is 19.8. The molecule has 1 heterocycles. The second-order valence-corrected chi connectivity index (χ2v) is 10.2. The maximum absolute atomic E-state index is 13.5. The SMILES string of the molecule is NC(=O)C(CCC(F)(F)F)C(CCC(F)(F)F)C(=O)NC1CN(c2cccc(C(F)(F)F)c2)c2cccc(Cl)c2NC1=O. The van der Waals surface area contributed by atoms with Gasteiger partial charge in [-0.15, -0.1) is 0 Å². The van der Waals surface area contributed by atoms with Crippen molar-refractivity contribution >= 4 is 46.4 Å². The number of nitrogens with zero attached hydrogens (tertiary/aromatic N) is 1. The average molecular weight is 647 g/mol. The number of nitrogens with one attached hydrogen (secondary N) is 2. The van der Waals surface area contributed by atoms with Gasteiger partial charge in [-0.2, -0.15) is 39.5 Å². The first-order valence-electron chi connectivity index (χ1n) is 12.5. The van der Waals surface area contributed by atoms with Crippen LogP contribution in [0, 0.1) is 11.8 Å². The number of anilines is 3. The van der Waals surface area contributed by atoms with E-state index in [4.69, 9.17) is 17.3 Å². The highest BCUT2D eigenvalue weighted by atomic mass is 35.5. The molecule has 3 amide bonds. The molecule has 0 spiro atoms. The quantitative estimate of drug-likeness (QED) is 0.277. The maximum Gasteiger partial charge on any atom is 0.416 e. The van der Waals surface area contributed by atoms with E-state index in [0.717, 1.165) is 18.2 Å². The lowest BCUT2D eigenvalue weighted by Crippen LogP contribution is -2.52. The van der Waals surface area contributed by atoms with Crippen LogP contribution in [0.3, 0.4) is 0 Å². The summed E-state index contributed by atoms with van der Waals surface area (Å²) in [4.78, 5) is 39.7. The lowest BCUT2D eigenvalue weighted by molar-refractivity contribution is -0.152. The van der Waals surface area contributed by atoms with E-state index in [9.17, 15) is 53.9 Å². The summed E-state index contributed by atoms with van der Waals surface area (Å²) < 4.78 is 118. The molecule has 3 unspecified atom stereocenters. The first kappa shape index (κ1) is 33.8. The van der Waals surface area contributed by atoms with Gasteiger partial charge < -0.3 is 21.3 Å². The topological polar surface area (TPSA) is 105 Å². The van der Waals surface area contributed by atoms with E-state index in [0.29, 0.717) is 0 Å².